The molecule has 0 atom stereocenters. The fourth-order valence-electron chi connectivity index (χ4n) is 1.86. The summed E-state index contributed by atoms with van der Waals surface area (Å²) in [5, 5.41) is 17.9. The lowest BCUT2D eigenvalue weighted by Crippen LogP contribution is -2.08. The van der Waals surface area contributed by atoms with Crippen molar-refractivity contribution in [2.45, 2.75) is 29.8 Å². The molecule has 5 nitrogen and oxygen atoms in total. The first-order chi connectivity index (χ1) is 11.0. The van der Waals surface area contributed by atoms with Crippen molar-refractivity contribution in [3.63, 3.8) is 0 Å². The Morgan fingerprint density at radius 3 is 2.52 bits per heavy atom. The summed E-state index contributed by atoms with van der Waals surface area (Å²) in [7, 11) is 0. The summed E-state index contributed by atoms with van der Waals surface area (Å²) in [6.07, 6.45) is -4.49. The van der Waals surface area contributed by atoms with Crippen molar-refractivity contribution in [3.8, 4) is 10.7 Å². The maximum absolute atomic E-state index is 12.5. The summed E-state index contributed by atoms with van der Waals surface area (Å²) < 4.78 is 39.4. The van der Waals surface area contributed by atoms with E-state index in [0.29, 0.717) is 16.7 Å². The smallest absolute Gasteiger partial charge is 0.301 e. The normalized spacial score (nSPS) is 11.8. The van der Waals surface area contributed by atoms with E-state index in [4.69, 9.17) is 0 Å². The molecule has 0 saturated carbocycles. The highest BCUT2D eigenvalue weighted by Crippen LogP contribution is 2.31. The number of aromatic nitrogens is 5. The van der Waals surface area contributed by atoms with Gasteiger partial charge in [-0.1, -0.05) is 6.07 Å². The van der Waals surface area contributed by atoms with Gasteiger partial charge >= 0.3 is 6.18 Å². The highest BCUT2D eigenvalue weighted by atomic mass is 32.2. The standard InChI is InChI=1S/C13H10F3N5S2/c1-2-21-11(8-4-3-7-22-8)19-20-12(21)23-10-6-5-9(17-18-10)13(14,15)16/h3-7H,2H2,1H3. The van der Waals surface area contributed by atoms with Gasteiger partial charge in [0.25, 0.3) is 0 Å². The molecule has 0 aliphatic heterocycles. The van der Waals surface area contributed by atoms with E-state index < -0.39 is 11.9 Å². The van der Waals surface area contributed by atoms with Gasteiger partial charge in [0.05, 0.1) is 4.88 Å². The molecule has 0 unspecified atom stereocenters. The fourth-order valence-corrected chi connectivity index (χ4v) is 3.39. The Morgan fingerprint density at radius 1 is 1.13 bits per heavy atom. The minimum absolute atomic E-state index is 0.331. The molecule has 0 spiro atoms. The van der Waals surface area contributed by atoms with Gasteiger partial charge in [-0.25, -0.2) is 0 Å². The number of halogens is 3. The average molecular weight is 357 g/mol. The van der Waals surface area contributed by atoms with E-state index >= 15 is 0 Å². The molecule has 0 amide bonds. The molecule has 0 radical (unpaired) electrons. The van der Waals surface area contributed by atoms with Crippen LogP contribution in [-0.2, 0) is 12.7 Å². The Morgan fingerprint density at radius 2 is 1.96 bits per heavy atom. The lowest BCUT2D eigenvalue weighted by Gasteiger charge is -2.06. The number of hydrogen-bond acceptors (Lipinski definition) is 6. The van der Waals surface area contributed by atoms with Crippen LogP contribution >= 0.6 is 23.1 Å². The molecule has 3 heterocycles. The van der Waals surface area contributed by atoms with Gasteiger partial charge < -0.3 is 4.57 Å². The second kappa shape index (κ2) is 6.28. The molecule has 0 aliphatic carbocycles. The van der Waals surface area contributed by atoms with Crippen LogP contribution < -0.4 is 0 Å². The summed E-state index contributed by atoms with van der Waals surface area (Å²) in [4.78, 5) is 0.977. The first-order valence-corrected chi connectivity index (χ1v) is 8.24. The monoisotopic (exact) mass is 357 g/mol. The molecule has 3 rings (SSSR count). The quantitative estimate of drug-likeness (QED) is 0.707. The van der Waals surface area contributed by atoms with Crippen LogP contribution in [0.2, 0.25) is 0 Å². The Balaban J connectivity index is 1.86. The van der Waals surface area contributed by atoms with Crippen molar-refractivity contribution in [2.75, 3.05) is 0 Å². The topological polar surface area (TPSA) is 56.5 Å². The lowest BCUT2D eigenvalue weighted by atomic mass is 10.4. The number of rotatable bonds is 4. The van der Waals surface area contributed by atoms with E-state index in [-0.39, 0.29) is 0 Å². The van der Waals surface area contributed by atoms with Crippen molar-refractivity contribution < 1.29 is 13.2 Å². The molecule has 23 heavy (non-hydrogen) atoms. The predicted octanol–water partition coefficient (Wildman–Crippen LogP) is 3.99. The van der Waals surface area contributed by atoms with Crippen LogP contribution in [-0.4, -0.2) is 25.0 Å². The zero-order chi connectivity index (χ0) is 16.4. The Labute approximate surface area is 137 Å². The zero-order valence-corrected chi connectivity index (χ0v) is 13.4. The highest BCUT2D eigenvalue weighted by Gasteiger charge is 2.33. The predicted molar refractivity (Wildman–Crippen MR) is 80.2 cm³/mol. The van der Waals surface area contributed by atoms with Crippen molar-refractivity contribution in [1.29, 1.82) is 0 Å². The molecule has 0 aliphatic rings. The fraction of sp³-hybridized carbons (Fsp3) is 0.231. The Hall–Kier alpha value is -1.94. The zero-order valence-electron chi connectivity index (χ0n) is 11.8. The minimum Gasteiger partial charge on any atom is -0.301 e. The van der Waals surface area contributed by atoms with E-state index in [1.54, 1.807) is 11.3 Å². The molecule has 0 fully saturated rings. The molecule has 120 valence electrons. The second-order valence-electron chi connectivity index (χ2n) is 4.38. The van der Waals surface area contributed by atoms with Crippen molar-refractivity contribution in [2.24, 2.45) is 0 Å². The van der Waals surface area contributed by atoms with Gasteiger partial charge in [-0.05, 0) is 42.3 Å². The van der Waals surface area contributed by atoms with Gasteiger partial charge in [-0.15, -0.1) is 31.7 Å². The van der Waals surface area contributed by atoms with Gasteiger partial charge in [0, 0.05) is 6.54 Å². The Kier molecular flexibility index (Phi) is 4.35. The van der Waals surface area contributed by atoms with Crippen LogP contribution in [0.15, 0.2) is 39.8 Å². The van der Waals surface area contributed by atoms with Gasteiger partial charge in [0.2, 0.25) is 0 Å². The molecule has 0 bridgehead atoms. The molecule has 0 N–H and O–H groups in total. The second-order valence-corrected chi connectivity index (χ2v) is 6.32. The molecule has 3 aromatic heterocycles. The summed E-state index contributed by atoms with van der Waals surface area (Å²) in [6, 6.07) is 6.04. The molecule has 3 aromatic rings. The van der Waals surface area contributed by atoms with Crippen molar-refractivity contribution in [3.05, 3.63) is 35.3 Å². The van der Waals surface area contributed by atoms with Crippen LogP contribution in [0.4, 0.5) is 13.2 Å². The van der Waals surface area contributed by atoms with E-state index in [0.717, 1.165) is 28.5 Å². The number of alkyl halides is 3. The van der Waals surface area contributed by atoms with Gasteiger partial charge in [0.1, 0.15) is 5.03 Å². The third kappa shape index (κ3) is 3.37. The highest BCUT2D eigenvalue weighted by molar-refractivity contribution is 7.99. The number of nitrogens with zero attached hydrogens (tertiary/aromatic N) is 5. The van der Waals surface area contributed by atoms with Gasteiger partial charge in [-0.3, -0.25) is 0 Å². The third-order valence-electron chi connectivity index (χ3n) is 2.90. The van der Waals surface area contributed by atoms with Crippen LogP contribution in [0.25, 0.3) is 10.7 Å². The van der Waals surface area contributed by atoms with Crippen LogP contribution in [0, 0.1) is 0 Å². The Bertz CT molecular complexity index is 781. The molecular formula is C13H10F3N5S2. The SMILES string of the molecule is CCn1c(Sc2ccc(C(F)(F)F)nn2)nnc1-c1cccs1. The summed E-state index contributed by atoms with van der Waals surface area (Å²) in [5.74, 6) is 0.727. The largest absolute Gasteiger partial charge is 0.435 e. The number of hydrogen-bond donors (Lipinski definition) is 0. The van der Waals surface area contributed by atoms with E-state index in [1.807, 2.05) is 29.0 Å². The van der Waals surface area contributed by atoms with E-state index in [2.05, 4.69) is 20.4 Å². The molecule has 10 heteroatoms. The van der Waals surface area contributed by atoms with Crippen molar-refractivity contribution >= 4 is 23.1 Å². The summed E-state index contributed by atoms with van der Waals surface area (Å²) in [5.41, 5.74) is -1.02. The molecule has 0 saturated heterocycles. The molecular weight excluding hydrogens is 347 g/mol. The average Bonchev–Trinajstić information content (AvgIpc) is 3.15. The summed E-state index contributed by atoms with van der Waals surface area (Å²) in [6.45, 7) is 2.58. The van der Waals surface area contributed by atoms with Crippen LogP contribution in [0.1, 0.15) is 12.6 Å². The first kappa shape index (κ1) is 15.9. The summed E-state index contributed by atoms with van der Waals surface area (Å²) >= 11 is 2.67. The maximum atomic E-state index is 12.5. The van der Waals surface area contributed by atoms with Gasteiger partial charge in [0.15, 0.2) is 16.7 Å². The number of thiophene rings is 1. The van der Waals surface area contributed by atoms with Crippen LogP contribution in [0.5, 0.6) is 0 Å². The van der Waals surface area contributed by atoms with Crippen LogP contribution in [0.3, 0.4) is 0 Å². The van der Waals surface area contributed by atoms with E-state index in [9.17, 15) is 13.2 Å². The third-order valence-corrected chi connectivity index (χ3v) is 4.68. The lowest BCUT2D eigenvalue weighted by molar-refractivity contribution is -0.141. The first-order valence-electron chi connectivity index (χ1n) is 6.55. The van der Waals surface area contributed by atoms with Crippen molar-refractivity contribution in [1.82, 2.24) is 25.0 Å². The van der Waals surface area contributed by atoms with E-state index in [1.165, 1.54) is 6.07 Å². The van der Waals surface area contributed by atoms with Gasteiger partial charge in [-0.2, -0.15) is 13.2 Å². The molecule has 0 aromatic carbocycles. The maximum Gasteiger partial charge on any atom is 0.435 e. The minimum atomic E-state index is -4.49.